The highest BCUT2D eigenvalue weighted by molar-refractivity contribution is 9.10. The Labute approximate surface area is 207 Å². The maximum Gasteiger partial charge on any atom is 0.225 e. The van der Waals surface area contributed by atoms with Crippen LogP contribution in [0.4, 0.5) is 11.8 Å². The van der Waals surface area contributed by atoms with E-state index in [1.807, 2.05) is 19.1 Å². The summed E-state index contributed by atoms with van der Waals surface area (Å²) >= 11 is 3.58. The van der Waals surface area contributed by atoms with Gasteiger partial charge in [-0.3, -0.25) is 0 Å². The SMILES string of the molecule is CCOc1ccc(Br)cc1CNCC1CCC(Nc2nc3c(c(N(C)C)n2)CCCC3)CC1. The molecule has 2 N–H and O–H groups in total. The van der Waals surface area contributed by atoms with Crippen molar-refractivity contribution in [2.45, 2.75) is 70.9 Å². The first-order valence-corrected chi connectivity index (χ1v) is 13.3. The van der Waals surface area contributed by atoms with Crippen molar-refractivity contribution in [3.63, 3.8) is 0 Å². The number of anilines is 2. The molecule has 1 saturated carbocycles. The zero-order chi connectivity index (χ0) is 23.2. The number of nitrogens with zero attached hydrogens (tertiary/aromatic N) is 3. The van der Waals surface area contributed by atoms with Crippen LogP contribution in [0.1, 0.15) is 62.3 Å². The van der Waals surface area contributed by atoms with Crippen molar-refractivity contribution in [2.75, 3.05) is 37.5 Å². The Morgan fingerprint density at radius 1 is 1.09 bits per heavy atom. The first kappa shape index (κ1) is 24.3. The molecule has 180 valence electrons. The summed E-state index contributed by atoms with van der Waals surface area (Å²) in [6, 6.07) is 6.70. The topological polar surface area (TPSA) is 62.3 Å². The predicted octanol–water partition coefficient (Wildman–Crippen LogP) is 5.34. The fourth-order valence-electron chi connectivity index (χ4n) is 5.10. The Kier molecular flexibility index (Phi) is 8.47. The van der Waals surface area contributed by atoms with Crippen LogP contribution in [0.2, 0.25) is 0 Å². The predicted molar refractivity (Wildman–Crippen MR) is 139 cm³/mol. The second kappa shape index (κ2) is 11.5. The van der Waals surface area contributed by atoms with Crippen LogP contribution in [0, 0.1) is 5.92 Å². The fraction of sp³-hybridized carbons (Fsp3) is 0.615. The maximum atomic E-state index is 5.78. The zero-order valence-corrected chi connectivity index (χ0v) is 21.9. The molecule has 4 rings (SSSR count). The summed E-state index contributed by atoms with van der Waals surface area (Å²) in [5.41, 5.74) is 3.81. The number of hydrogen-bond acceptors (Lipinski definition) is 6. The lowest BCUT2D eigenvalue weighted by Crippen LogP contribution is -2.32. The van der Waals surface area contributed by atoms with E-state index in [-0.39, 0.29) is 0 Å². The third-order valence-electron chi connectivity index (χ3n) is 6.84. The molecule has 2 aromatic rings. The largest absolute Gasteiger partial charge is 0.494 e. The van der Waals surface area contributed by atoms with Gasteiger partial charge in [0, 0.05) is 42.3 Å². The van der Waals surface area contributed by atoms with E-state index in [9.17, 15) is 0 Å². The highest BCUT2D eigenvalue weighted by atomic mass is 79.9. The van der Waals surface area contributed by atoms with Gasteiger partial charge in [-0.15, -0.1) is 0 Å². The number of aromatic nitrogens is 2. The normalized spacial score (nSPS) is 20.2. The molecule has 2 aliphatic carbocycles. The van der Waals surface area contributed by atoms with Gasteiger partial charge in [0.25, 0.3) is 0 Å². The van der Waals surface area contributed by atoms with E-state index in [4.69, 9.17) is 14.7 Å². The molecule has 1 aromatic heterocycles. The van der Waals surface area contributed by atoms with Gasteiger partial charge < -0.3 is 20.3 Å². The second-order valence-corrected chi connectivity index (χ2v) is 10.5. The van der Waals surface area contributed by atoms with Crippen molar-refractivity contribution in [2.24, 2.45) is 5.92 Å². The second-order valence-electron chi connectivity index (χ2n) is 9.58. The fourth-order valence-corrected chi connectivity index (χ4v) is 5.50. The van der Waals surface area contributed by atoms with Gasteiger partial charge in [-0.2, -0.15) is 4.98 Å². The van der Waals surface area contributed by atoms with E-state index >= 15 is 0 Å². The molecule has 0 saturated heterocycles. The monoisotopic (exact) mass is 515 g/mol. The zero-order valence-electron chi connectivity index (χ0n) is 20.3. The molecule has 0 atom stereocenters. The van der Waals surface area contributed by atoms with Crippen LogP contribution in [-0.2, 0) is 19.4 Å². The Hall–Kier alpha value is -1.86. The lowest BCUT2D eigenvalue weighted by Gasteiger charge is -2.30. The molecule has 0 radical (unpaired) electrons. The minimum absolute atomic E-state index is 0.465. The Morgan fingerprint density at radius 2 is 1.88 bits per heavy atom. The summed E-state index contributed by atoms with van der Waals surface area (Å²) in [5, 5.41) is 7.33. The average molecular weight is 517 g/mol. The summed E-state index contributed by atoms with van der Waals surface area (Å²) < 4.78 is 6.87. The molecule has 6 nitrogen and oxygen atoms in total. The third kappa shape index (κ3) is 6.38. The first-order valence-electron chi connectivity index (χ1n) is 12.5. The van der Waals surface area contributed by atoms with Gasteiger partial charge in [-0.05, 0) is 89.0 Å². The van der Waals surface area contributed by atoms with Gasteiger partial charge in [0.1, 0.15) is 11.6 Å². The number of nitrogens with one attached hydrogen (secondary N) is 2. The summed E-state index contributed by atoms with van der Waals surface area (Å²) in [4.78, 5) is 11.9. The van der Waals surface area contributed by atoms with Crippen LogP contribution in [0.5, 0.6) is 5.75 Å². The lowest BCUT2D eigenvalue weighted by molar-refractivity contribution is 0.318. The summed E-state index contributed by atoms with van der Waals surface area (Å²) in [6.07, 6.45) is 9.47. The number of ether oxygens (including phenoxy) is 1. The molecule has 2 aliphatic rings. The molecule has 7 heteroatoms. The molecular weight excluding hydrogens is 478 g/mol. The van der Waals surface area contributed by atoms with Crippen molar-refractivity contribution in [1.82, 2.24) is 15.3 Å². The van der Waals surface area contributed by atoms with Gasteiger partial charge in [0.05, 0.1) is 12.3 Å². The smallest absolute Gasteiger partial charge is 0.225 e. The van der Waals surface area contributed by atoms with Crippen molar-refractivity contribution in [3.8, 4) is 5.75 Å². The minimum atomic E-state index is 0.465. The molecule has 33 heavy (non-hydrogen) atoms. The molecule has 0 amide bonds. The van der Waals surface area contributed by atoms with E-state index in [0.29, 0.717) is 18.6 Å². The Morgan fingerprint density at radius 3 is 2.64 bits per heavy atom. The van der Waals surface area contributed by atoms with Crippen LogP contribution < -0.4 is 20.3 Å². The molecule has 1 heterocycles. The number of halogens is 1. The number of fused-ring (bicyclic) bond motifs is 1. The highest BCUT2D eigenvalue weighted by Gasteiger charge is 2.24. The third-order valence-corrected chi connectivity index (χ3v) is 7.33. The molecule has 0 spiro atoms. The van der Waals surface area contributed by atoms with Crippen LogP contribution in [0.15, 0.2) is 22.7 Å². The number of benzene rings is 1. The standard InChI is InChI=1S/C26H38BrN5O/c1-4-33-24-14-11-20(27)15-19(24)17-28-16-18-9-12-21(13-10-18)29-26-30-23-8-6-5-7-22(23)25(31-26)32(2)3/h11,14-15,18,21,28H,4-10,12-13,16-17H2,1-3H3,(H,29,30,31). The average Bonchev–Trinajstić information content (AvgIpc) is 2.81. The quantitative estimate of drug-likeness (QED) is 0.469. The van der Waals surface area contributed by atoms with Crippen LogP contribution in [0.3, 0.4) is 0 Å². The van der Waals surface area contributed by atoms with Crippen LogP contribution >= 0.6 is 15.9 Å². The van der Waals surface area contributed by atoms with Gasteiger partial charge in [-0.1, -0.05) is 15.9 Å². The molecule has 0 aliphatic heterocycles. The molecule has 1 aromatic carbocycles. The minimum Gasteiger partial charge on any atom is -0.494 e. The molecule has 0 unspecified atom stereocenters. The van der Waals surface area contributed by atoms with E-state index in [1.165, 1.54) is 55.3 Å². The van der Waals surface area contributed by atoms with Gasteiger partial charge in [-0.25, -0.2) is 4.98 Å². The van der Waals surface area contributed by atoms with E-state index in [2.05, 4.69) is 51.6 Å². The Balaban J connectivity index is 1.27. The maximum absolute atomic E-state index is 5.78. The van der Waals surface area contributed by atoms with Gasteiger partial charge >= 0.3 is 0 Å². The van der Waals surface area contributed by atoms with Gasteiger partial charge in [0.15, 0.2) is 0 Å². The van der Waals surface area contributed by atoms with Crippen LogP contribution in [0.25, 0.3) is 0 Å². The Bertz CT molecular complexity index is 927. The summed E-state index contributed by atoms with van der Waals surface area (Å²) in [6.45, 7) is 4.60. The van der Waals surface area contributed by atoms with Crippen molar-refractivity contribution in [3.05, 3.63) is 39.5 Å². The molecular formula is C26H38BrN5O. The van der Waals surface area contributed by atoms with E-state index in [0.717, 1.165) is 47.9 Å². The first-order chi connectivity index (χ1) is 16.0. The summed E-state index contributed by atoms with van der Waals surface area (Å²) in [7, 11) is 4.18. The van der Waals surface area contributed by atoms with E-state index in [1.54, 1.807) is 0 Å². The van der Waals surface area contributed by atoms with Gasteiger partial charge in [0.2, 0.25) is 5.95 Å². The number of aryl methyl sites for hydroxylation is 1. The number of hydrogen-bond donors (Lipinski definition) is 2. The highest BCUT2D eigenvalue weighted by Crippen LogP contribution is 2.30. The van der Waals surface area contributed by atoms with Crippen molar-refractivity contribution in [1.29, 1.82) is 0 Å². The lowest BCUT2D eigenvalue weighted by atomic mass is 9.86. The molecule has 1 fully saturated rings. The van der Waals surface area contributed by atoms with Crippen molar-refractivity contribution < 1.29 is 4.74 Å². The van der Waals surface area contributed by atoms with E-state index < -0.39 is 0 Å². The van der Waals surface area contributed by atoms with Crippen molar-refractivity contribution >= 4 is 27.7 Å². The molecule has 0 bridgehead atoms. The summed E-state index contributed by atoms with van der Waals surface area (Å²) in [5.74, 6) is 3.61. The number of rotatable bonds is 9. The van der Waals surface area contributed by atoms with Crippen LogP contribution in [-0.4, -0.2) is 43.3 Å².